The van der Waals surface area contributed by atoms with E-state index in [0.717, 1.165) is 16.9 Å². The van der Waals surface area contributed by atoms with Gasteiger partial charge in [0.05, 0.1) is 16.3 Å². The number of nitrogens with one attached hydrogen (secondary N) is 1. The molecule has 10 heteroatoms. The maximum absolute atomic E-state index is 12.3. The van der Waals surface area contributed by atoms with Crippen LogP contribution in [0, 0.1) is 0 Å². The van der Waals surface area contributed by atoms with E-state index >= 15 is 0 Å². The van der Waals surface area contributed by atoms with E-state index in [0.29, 0.717) is 35.1 Å². The smallest absolute Gasteiger partial charge is 0.271 e. The number of benzene rings is 1. The summed E-state index contributed by atoms with van der Waals surface area (Å²) in [5.74, 6) is 0. The van der Waals surface area contributed by atoms with Gasteiger partial charge < -0.3 is 0 Å². The molecule has 0 saturated heterocycles. The van der Waals surface area contributed by atoms with E-state index in [2.05, 4.69) is 4.72 Å². The molecule has 130 valence electrons. The molecule has 1 aromatic heterocycles. The van der Waals surface area contributed by atoms with Crippen LogP contribution in [0.2, 0.25) is 4.34 Å². The van der Waals surface area contributed by atoms with Gasteiger partial charge in [-0.2, -0.15) is 0 Å². The van der Waals surface area contributed by atoms with E-state index in [1.54, 1.807) is 18.2 Å². The first-order valence-electron chi connectivity index (χ1n) is 7.06. The van der Waals surface area contributed by atoms with Gasteiger partial charge in [-0.15, -0.1) is 11.3 Å². The first-order chi connectivity index (χ1) is 11.2. The Kier molecular flexibility index (Phi) is 4.54. The molecule has 1 aliphatic heterocycles. The van der Waals surface area contributed by atoms with Crippen molar-refractivity contribution >= 4 is 54.4 Å². The van der Waals surface area contributed by atoms with E-state index < -0.39 is 20.0 Å². The highest BCUT2D eigenvalue weighted by Crippen LogP contribution is 2.33. The lowest BCUT2D eigenvalue weighted by molar-refractivity contribution is 0.592. The highest BCUT2D eigenvalue weighted by molar-refractivity contribution is 7.94. The second kappa shape index (κ2) is 6.21. The summed E-state index contributed by atoms with van der Waals surface area (Å²) in [6.45, 7) is 0.435. The molecular weight excluding hydrogens is 392 g/mol. The first-order valence-corrected chi connectivity index (χ1v) is 11.6. The largest absolute Gasteiger partial charge is 0.279 e. The van der Waals surface area contributed by atoms with Gasteiger partial charge in [0, 0.05) is 12.2 Å². The molecule has 2 aromatic rings. The summed E-state index contributed by atoms with van der Waals surface area (Å²) in [7, 11) is -7.05. The zero-order chi connectivity index (χ0) is 17.5. The molecule has 1 aromatic carbocycles. The Labute approximate surface area is 150 Å². The van der Waals surface area contributed by atoms with Gasteiger partial charge in [0.2, 0.25) is 10.0 Å². The van der Waals surface area contributed by atoms with Crippen molar-refractivity contribution in [2.24, 2.45) is 0 Å². The average Bonchev–Trinajstić information content (AvgIpc) is 2.92. The Morgan fingerprint density at radius 2 is 1.92 bits per heavy atom. The van der Waals surface area contributed by atoms with Crippen LogP contribution in [0.1, 0.15) is 12.0 Å². The van der Waals surface area contributed by atoms with E-state index in [4.69, 9.17) is 11.6 Å². The summed E-state index contributed by atoms with van der Waals surface area (Å²) in [6.07, 6.45) is 2.55. The van der Waals surface area contributed by atoms with Gasteiger partial charge in [0.1, 0.15) is 4.21 Å². The van der Waals surface area contributed by atoms with Crippen LogP contribution in [-0.2, 0) is 26.5 Å². The number of hydrogen-bond acceptors (Lipinski definition) is 5. The van der Waals surface area contributed by atoms with Crippen molar-refractivity contribution in [3.8, 4) is 0 Å². The van der Waals surface area contributed by atoms with Crippen LogP contribution < -0.4 is 9.03 Å². The lowest BCUT2D eigenvalue weighted by atomic mass is 10.0. The van der Waals surface area contributed by atoms with Crippen molar-refractivity contribution in [3.05, 3.63) is 40.2 Å². The molecule has 1 aliphatic rings. The van der Waals surface area contributed by atoms with E-state index in [1.807, 2.05) is 0 Å². The van der Waals surface area contributed by atoms with E-state index in [1.165, 1.54) is 22.7 Å². The minimum Gasteiger partial charge on any atom is -0.279 e. The number of thiophene rings is 1. The van der Waals surface area contributed by atoms with Gasteiger partial charge in [0.15, 0.2) is 0 Å². The summed E-state index contributed by atoms with van der Waals surface area (Å²) in [6, 6.07) is 7.85. The molecule has 0 bridgehead atoms. The maximum Gasteiger partial charge on any atom is 0.271 e. The summed E-state index contributed by atoms with van der Waals surface area (Å²) >= 11 is 6.76. The zero-order valence-corrected chi connectivity index (χ0v) is 15.9. The molecule has 0 spiro atoms. The Balaban J connectivity index is 1.92. The molecule has 0 aliphatic carbocycles. The van der Waals surface area contributed by atoms with Gasteiger partial charge in [-0.05, 0) is 48.7 Å². The molecule has 0 fully saturated rings. The molecular formula is C14H15ClN2O4S3. The fourth-order valence-corrected chi connectivity index (χ4v) is 6.15. The molecule has 0 radical (unpaired) electrons. The van der Waals surface area contributed by atoms with Crippen molar-refractivity contribution in [2.45, 2.75) is 17.1 Å². The van der Waals surface area contributed by atoms with Gasteiger partial charge in [-0.25, -0.2) is 16.8 Å². The number of anilines is 2. The Morgan fingerprint density at radius 1 is 1.17 bits per heavy atom. The molecule has 2 heterocycles. The molecule has 24 heavy (non-hydrogen) atoms. The van der Waals surface area contributed by atoms with Crippen LogP contribution in [0.5, 0.6) is 0 Å². The quantitative estimate of drug-likeness (QED) is 0.846. The van der Waals surface area contributed by atoms with Crippen molar-refractivity contribution < 1.29 is 16.8 Å². The van der Waals surface area contributed by atoms with Gasteiger partial charge in [-0.3, -0.25) is 9.03 Å². The third-order valence-electron chi connectivity index (χ3n) is 3.62. The molecule has 3 rings (SSSR count). The summed E-state index contributed by atoms with van der Waals surface area (Å²) < 4.78 is 52.8. The normalized spacial score (nSPS) is 15.2. The van der Waals surface area contributed by atoms with Crippen LogP contribution in [0.15, 0.2) is 34.5 Å². The third-order valence-corrected chi connectivity index (χ3v) is 7.91. The molecule has 0 unspecified atom stereocenters. The number of aryl methyl sites for hydroxylation is 1. The number of rotatable bonds is 4. The standard InChI is InChI=1S/C14H15ClN2O4S3/c1-23(18,19)17-8-2-3-10-9-11(4-5-12(10)17)16-24(20,21)14-7-6-13(15)22-14/h4-7,9,16H,2-3,8H2,1H3. The Bertz CT molecular complexity index is 983. The first kappa shape index (κ1) is 17.5. The van der Waals surface area contributed by atoms with Crippen molar-refractivity contribution in [3.63, 3.8) is 0 Å². The van der Waals surface area contributed by atoms with Gasteiger partial charge in [-0.1, -0.05) is 11.6 Å². The van der Waals surface area contributed by atoms with Crippen LogP contribution >= 0.6 is 22.9 Å². The minimum absolute atomic E-state index is 0.128. The highest BCUT2D eigenvalue weighted by atomic mass is 35.5. The molecule has 0 atom stereocenters. The van der Waals surface area contributed by atoms with Crippen molar-refractivity contribution in [1.29, 1.82) is 0 Å². The summed E-state index contributed by atoms with van der Waals surface area (Å²) in [5.41, 5.74) is 1.80. The zero-order valence-electron chi connectivity index (χ0n) is 12.7. The predicted molar refractivity (Wildman–Crippen MR) is 97.1 cm³/mol. The van der Waals surface area contributed by atoms with Crippen LogP contribution in [-0.4, -0.2) is 29.6 Å². The van der Waals surface area contributed by atoms with Gasteiger partial charge in [0.25, 0.3) is 10.0 Å². The average molecular weight is 407 g/mol. The van der Waals surface area contributed by atoms with Crippen molar-refractivity contribution in [1.82, 2.24) is 0 Å². The molecule has 0 saturated carbocycles. The topological polar surface area (TPSA) is 83.6 Å². The highest BCUT2D eigenvalue weighted by Gasteiger charge is 2.25. The van der Waals surface area contributed by atoms with Gasteiger partial charge >= 0.3 is 0 Å². The monoisotopic (exact) mass is 406 g/mol. The Morgan fingerprint density at radius 3 is 2.54 bits per heavy atom. The second-order valence-corrected chi connectivity index (χ2v) is 11.0. The molecule has 1 N–H and O–H groups in total. The van der Waals surface area contributed by atoms with Crippen molar-refractivity contribution in [2.75, 3.05) is 21.8 Å². The number of nitrogens with zero attached hydrogens (tertiary/aromatic N) is 1. The summed E-state index contributed by atoms with van der Waals surface area (Å²) in [5, 5.41) is 0. The van der Waals surface area contributed by atoms with E-state index in [-0.39, 0.29) is 4.21 Å². The number of halogens is 1. The fourth-order valence-electron chi connectivity index (χ4n) is 2.62. The fraction of sp³-hybridized carbons (Fsp3) is 0.286. The number of fused-ring (bicyclic) bond motifs is 1. The van der Waals surface area contributed by atoms with Crippen LogP contribution in [0.3, 0.4) is 0 Å². The lowest BCUT2D eigenvalue weighted by Crippen LogP contribution is -2.34. The Hall–Kier alpha value is -1.29. The summed E-state index contributed by atoms with van der Waals surface area (Å²) in [4.78, 5) is 0. The molecule has 6 nitrogen and oxygen atoms in total. The van der Waals surface area contributed by atoms with Crippen LogP contribution in [0.25, 0.3) is 0 Å². The maximum atomic E-state index is 12.3. The lowest BCUT2D eigenvalue weighted by Gasteiger charge is -2.29. The third kappa shape index (κ3) is 3.53. The SMILES string of the molecule is CS(=O)(=O)N1CCCc2cc(NS(=O)(=O)c3ccc(Cl)s3)ccc21. The number of hydrogen-bond donors (Lipinski definition) is 1. The minimum atomic E-state index is -3.71. The van der Waals surface area contributed by atoms with Crippen LogP contribution in [0.4, 0.5) is 11.4 Å². The molecule has 0 amide bonds. The second-order valence-electron chi connectivity index (χ2n) is 5.45. The predicted octanol–water partition coefficient (Wildman–Crippen LogP) is 2.91. The number of sulfonamides is 2. The van der Waals surface area contributed by atoms with E-state index in [9.17, 15) is 16.8 Å².